The molecule has 0 amide bonds. The molecule has 1 unspecified atom stereocenters. The van der Waals surface area contributed by atoms with Gasteiger partial charge in [-0.2, -0.15) is 8.78 Å². The minimum atomic E-state index is -2.91. The standard InChI is InChI=1S/C18H21F2NO3/c1-12-5-3-4-6-15(12)16(22)11-21-10-13-7-8-14(23-2)9-17(13)24-18(19)20/h3-9,16,18,21-22H,10-11H2,1-2H3. The van der Waals surface area contributed by atoms with E-state index in [0.29, 0.717) is 17.9 Å². The molecule has 2 aromatic rings. The zero-order valence-electron chi connectivity index (χ0n) is 13.6. The lowest BCUT2D eigenvalue weighted by Gasteiger charge is -2.16. The highest BCUT2D eigenvalue weighted by Gasteiger charge is 2.13. The summed E-state index contributed by atoms with van der Waals surface area (Å²) < 4.78 is 34.6. The van der Waals surface area contributed by atoms with Crippen LogP contribution in [0.3, 0.4) is 0 Å². The second-order valence-electron chi connectivity index (χ2n) is 5.36. The second kappa shape index (κ2) is 8.61. The van der Waals surface area contributed by atoms with Crippen LogP contribution in [0.25, 0.3) is 0 Å². The predicted molar refractivity (Wildman–Crippen MR) is 87.5 cm³/mol. The summed E-state index contributed by atoms with van der Waals surface area (Å²) in [6, 6.07) is 12.3. The number of nitrogens with one attached hydrogen (secondary N) is 1. The molecule has 2 rings (SSSR count). The molecule has 0 aromatic heterocycles. The normalized spacial score (nSPS) is 12.2. The number of hydrogen-bond donors (Lipinski definition) is 2. The second-order valence-corrected chi connectivity index (χ2v) is 5.36. The summed E-state index contributed by atoms with van der Waals surface area (Å²) in [6.45, 7) is -0.398. The molecule has 0 radical (unpaired) electrons. The number of aryl methyl sites for hydroxylation is 1. The summed E-state index contributed by atoms with van der Waals surface area (Å²) in [5, 5.41) is 13.3. The van der Waals surface area contributed by atoms with E-state index in [1.807, 2.05) is 31.2 Å². The fourth-order valence-electron chi connectivity index (χ4n) is 2.43. The van der Waals surface area contributed by atoms with Crippen molar-refractivity contribution in [2.45, 2.75) is 26.2 Å². The average molecular weight is 337 g/mol. The Kier molecular flexibility index (Phi) is 6.52. The van der Waals surface area contributed by atoms with Crippen molar-refractivity contribution < 1.29 is 23.4 Å². The van der Waals surface area contributed by atoms with Crippen LogP contribution in [-0.4, -0.2) is 25.4 Å². The van der Waals surface area contributed by atoms with Crippen molar-refractivity contribution in [3.05, 3.63) is 59.2 Å². The monoisotopic (exact) mass is 337 g/mol. The van der Waals surface area contributed by atoms with Gasteiger partial charge in [0.05, 0.1) is 13.2 Å². The highest BCUT2D eigenvalue weighted by molar-refractivity contribution is 5.40. The third kappa shape index (κ3) is 4.91. The van der Waals surface area contributed by atoms with Crippen LogP contribution >= 0.6 is 0 Å². The van der Waals surface area contributed by atoms with Gasteiger partial charge in [0.1, 0.15) is 11.5 Å². The maximum atomic E-state index is 12.5. The fourth-order valence-corrected chi connectivity index (χ4v) is 2.43. The molecular formula is C18H21F2NO3. The number of ether oxygens (including phenoxy) is 2. The first-order valence-corrected chi connectivity index (χ1v) is 7.57. The van der Waals surface area contributed by atoms with Crippen LogP contribution in [0.1, 0.15) is 22.8 Å². The van der Waals surface area contributed by atoms with Gasteiger partial charge in [-0.15, -0.1) is 0 Å². The molecule has 0 aliphatic carbocycles. The Morgan fingerprint density at radius 3 is 2.58 bits per heavy atom. The summed E-state index contributed by atoms with van der Waals surface area (Å²) in [5.74, 6) is 0.497. The number of halogens is 2. The van der Waals surface area contributed by atoms with Crippen molar-refractivity contribution in [3.63, 3.8) is 0 Å². The molecular weight excluding hydrogens is 316 g/mol. The summed E-state index contributed by atoms with van der Waals surface area (Å²) in [4.78, 5) is 0. The van der Waals surface area contributed by atoms with Crippen molar-refractivity contribution in [1.82, 2.24) is 5.32 Å². The van der Waals surface area contributed by atoms with Gasteiger partial charge in [0.25, 0.3) is 0 Å². The van der Waals surface area contributed by atoms with E-state index in [1.165, 1.54) is 13.2 Å². The van der Waals surface area contributed by atoms with Gasteiger partial charge in [0, 0.05) is 24.7 Å². The highest BCUT2D eigenvalue weighted by atomic mass is 19.3. The van der Waals surface area contributed by atoms with Crippen LogP contribution in [-0.2, 0) is 6.54 Å². The molecule has 0 aliphatic rings. The number of alkyl halides is 2. The Morgan fingerprint density at radius 1 is 1.17 bits per heavy atom. The molecule has 0 fully saturated rings. The van der Waals surface area contributed by atoms with E-state index in [0.717, 1.165) is 11.1 Å². The Labute approximate surface area is 140 Å². The molecule has 4 nitrogen and oxygen atoms in total. The van der Waals surface area contributed by atoms with Gasteiger partial charge in [0.15, 0.2) is 0 Å². The van der Waals surface area contributed by atoms with Crippen LogP contribution in [0.2, 0.25) is 0 Å². The smallest absolute Gasteiger partial charge is 0.387 e. The SMILES string of the molecule is COc1ccc(CNCC(O)c2ccccc2C)c(OC(F)F)c1. The molecule has 130 valence electrons. The number of aliphatic hydroxyl groups is 1. The molecule has 0 bridgehead atoms. The van der Waals surface area contributed by atoms with Crippen molar-refractivity contribution in [2.24, 2.45) is 0 Å². The molecule has 0 heterocycles. The number of hydrogen-bond acceptors (Lipinski definition) is 4. The van der Waals surface area contributed by atoms with E-state index >= 15 is 0 Å². The minimum absolute atomic E-state index is 0.0576. The first-order valence-electron chi connectivity index (χ1n) is 7.57. The summed E-state index contributed by atoms with van der Waals surface area (Å²) >= 11 is 0. The molecule has 0 saturated heterocycles. The average Bonchev–Trinajstić information content (AvgIpc) is 2.55. The molecule has 24 heavy (non-hydrogen) atoms. The van der Waals surface area contributed by atoms with Crippen molar-refractivity contribution in [3.8, 4) is 11.5 Å². The zero-order chi connectivity index (χ0) is 17.5. The zero-order valence-corrected chi connectivity index (χ0v) is 13.6. The number of aliphatic hydroxyl groups excluding tert-OH is 1. The number of methoxy groups -OCH3 is 1. The molecule has 0 saturated carbocycles. The van der Waals surface area contributed by atoms with Gasteiger partial charge in [-0.1, -0.05) is 30.3 Å². The van der Waals surface area contributed by atoms with Crippen molar-refractivity contribution >= 4 is 0 Å². The number of benzene rings is 2. The first-order chi connectivity index (χ1) is 11.5. The van der Waals surface area contributed by atoms with Gasteiger partial charge >= 0.3 is 6.61 Å². The van der Waals surface area contributed by atoms with E-state index in [2.05, 4.69) is 10.1 Å². The predicted octanol–water partition coefficient (Wildman–Crippen LogP) is 3.43. The molecule has 2 aromatic carbocycles. The lowest BCUT2D eigenvalue weighted by atomic mass is 10.0. The van der Waals surface area contributed by atoms with Gasteiger partial charge in [-0.3, -0.25) is 0 Å². The van der Waals surface area contributed by atoms with E-state index in [9.17, 15) is 13.9 Å². The van der Waals surface area contributed by atoms with Gasteiger partial charge in [0.2, 0.25) is 0 Å². The first kappa shape index (κ1) is 18.2. The Morgan fingerprint density at radius 2 is 1.92 bits per heavy atom. The molecule has 0 spiro atoms. The largest absolute Gasteiger partial charge is 0.497 e. The van der Waals surface area contributed by atoms with E-state index in [1.54, 1.807) is 12.1 Å². The van der Waals surface area contributed by atoms with Crippen molar-refractivity contribution in [1.29, 1.82) is 0 Å². The van der Waals surface area contributed by atoms with Crippen LogP contribution in [0.5, 0.6) is 11.5 Å². The fraction of sp³-hybridized carbons (Fsp3) is 0.333. The quantitative estimate of drug-likeness (QED) is 0.775. The highest BCUT2D eigenvalue weighted by Crippen LogP contribution is 2.26. The topological polar surface area (TPSA) is 50.7 Å². The summed E-state index contributed by atoms with van der Waals surface area (Å²) in [5.41, 5.74) is 2.40. The molecule has 6 heteroatoms. The molecule has 2 N–H and O–H groups in total. The van der Waals surface area contributed by atoms with E-state index < -0.39 is 12.7 Å². The maximum absolute atomic E-state index is 12.5. The number of rotatable bonds is 8. The van der Waals surface area contributed by atoms with E-state index in [-0.39, 0.29) is 12.3 Å². The minimum Gasteiger partial charge on any atom is -0.497 e. The third-order valence-corrected chi connectivity index (χ3v) is 3.69. The lowest BCUT2D eigenvalue weighted by molar-refractivity contribution is -0.0506. The van der Waals surface area contributed by atoms with Gasteiger partial charge < -0.3 is 19.9 Å². The van der Waals surface area contributed by atoms with Gasteiger partial charge in [-0.25, -0.2) is 0 Å². The summed E-state index contributed by atoms with van der Waals surface area (Å²) in [7, 11) is 1.46. The van der Waals surface area contributed by atoms with E-state index in [4.69, 9.17) is 4.74 Å². The lowest BCUT2D eigenvalue weighted by Crippen LogP contribution is -2.22. The Hall–Kier alpha value is -2.18. The van der Waals surface area contributed by atoms with Crippen LogP contribution in [0, 0.1) is 6.92 Å². The van der Waals surface area contributed by atoms with Crippen molar-refractivity contribution in [2.75, 3.05) is 13.7 Å². The maximum Gasteiger partial charge on any atom is 0.387 e. The molecule has 1 atom stereocenters. The van der Waals surface area contributed by atoms with Crippen LogP contribution < -0.4 is 14.8 Å². The molecule has 0 aliphatic heterocycles. The Balaban J connectivity index is 2.00. The third-order valence-electron chi connectivity index (χ3n) is 3.69. The van der Waals surface area contributed by atoms with Gasteiger partial charge in [-0.05, 0) is 24.1 Å². The van der Waals surface area contributed by atoms with Crippen LogP contribution in [0.15, 0.2) is 42.5 Å². The summed E-state index contributed by atoms with van der Waals surface area (Å²) in [6.07, 6.45) is -0.677. The Bertz CT molecular complexity index is 664. The van der Waals surface area contributed by atoms with Crippen LogP contribution in [0.4, 0.5) is 8.78 Å².